The highest BCUT2D eigenvalue weighted by Crippen LogP contribution is 2.20. The number of nitrogens with zero attached hydrogens (tertiary/aromatic N) is 5. The summed E-state index contributed by atoms with van der Waals surface area (Å²) in [6.45, 7) is 7.00. The monoisotopic (exact) mass is 284 g/mol. The topological polar surface area (TPSA) is 60.0 Å². The van der Waals surface area contributed by atoms with Crippen LogP contribution in [-0.4, -0.2) is 24.4 Å². The summed E-state index contributed by atoms with van der Waals surface area (Å²) in [5, 5.41) is 12.3. The molecule has 3 rings (SSSR count). The number of aromatic nitrogens is 5. The Hall–Kier alpha value is -2.37. The quantitative estimate of drug-likeness (QED) is 0.799. The highest BCUT2D eigenvalue weighted by Gasteiger charge is 2.10. The summed E-state index contributed by atoms with van der Waals surface area (Å²) in [5.41, 5.74) is 4.28. The lowest BCUT2D eigenvalue weighted by Gasteiger charge is -2.05. The van der Waals surface area contributed by atoms with Crippen molar-refractivity contribution in [1.29, 1.82) is 0 Å². The molecule has 0 fully saturated rings. The van der Waals surface area contributed by atoms with Crippen molar-refractivity contribution >= 4 is 11.3 Å². The number of hydrogen-bond donors (Lipinski definition) is 1. The van der Waals surface area contributed by atoms with Crippen LogP contribution >= 0.6 is 0 Å². The third-order valence-electron chi connectivity index (χ3n) is 3.56. The number of rotatable bonds is 4. The first-order chi connectivity index (χ1) is 10.0. The minimum atomic E-state index is 0.401. The standard InChI is InChI=1S/C15H20N6/c1-10(2)13-7-14-15(16-5-6-21(14)19-13)17-8-12-9-20(4)18-11(12)3/h5-7,9-10H,8H2,1-4H3,(H,16,17). The van der Waals surface area contributed by atoms with Crippen molar-refractivity contribution in [3.8, 4) is 0 Å². The first-order valence-electron chi connectivity index (χ1n) is 7.12. The number of anilines is 1. The maximum absolute atomic E-state index is 4.57. The number of hydrogen-bond acceptors (Lipinski definition) is 4. The van der Waals surface area contributed by atoms with Crippen LogP contribution in [0.5, 0.6) is 0 Å². The Morgan fingerprint density at radius 3 is 2.76 bits per heavy atom. The molecule has 110 valence electrons. The molecule has 0 aromatic carbocycles. The van der Waals surface area contributed by atoms with Gasteiger partial charge in [-0.15, -0.1) is 0 Å². The average molecular weight is 284 g/mol. The van der Waals surface area contributed by atoms with Crippen LogP contribution < -0.4 is 5.32 Å². The third kappa shape index (κ3) is 2.61. The molecule has 0 aliphatic rings. The molecule has 0 radical (unpaired) electrons. The molecule has 0 aliphatic heterocycles. The van der Waals surface area contributed by atoms with Gasteiger partial charge in [-0.3, -0.25) is 4.68 Å². The second kappa shape index (κ2) is 5.20. The normalized spacial score (nSPS) is 11.5. The minimum absolute atomic E-state index is 0.401. The molecule has 0 bridgehead atoms. The fraction of sp³-hybridized carbons (Fsp3) is 0.400. The Morgan fingerprint density at radius 1 is 1.29 bits per heavy atom. The Morgan fingerprint density at radius 2 is 2.10 bits per heavy atom. The predicted molar refractivity (Wildman–Crippen MR) is 82.3 cm³/mol. The Balaban J connectivity index is 1.88. The summed E-state index contributed by atoms with van der Waals surface area (Å²) in [7, 11) is 1.93. The van der Waals surface area contributed by atoms with E-state index in [1.54, 1.807) is 6.20 Å². The molecule has 21 heavy (non-hydrogen) atoms. The van der Waals surface area contributed by atoms with Crippen LogP contribution in [0.1, 0.15) is 36.7 Å². The lowest BCUT2D eigenvalue weighted by atomic mass is 10.1. The van der Waals surface area contributed by atoms with E-state index in [-0.39, 0.29) is 0 Å². The molecule has 6 heteroatoms. The molecular weight excluding hydrogens is 264 g/mol. The SMILES string of the molecule is Cc1nn(C)cc1CNc1nccn2nc(C(C)C)cc12. The Bertz CT molecular complexity index is 768. The maximum Gasteiger partial charge on any atom is 0.152 e. The molecule has 3 aromatic rings. The molecule has 0 saturated heterocycles. The molecule has 0 aliphatic carbocycles. The fourth-order valence-corrected chi connectivity index (χ4v) is 2.36. The van der Waals surface area contributed by atoms with Crippen LogP contribution in [0.3, 0.4) is 0 Å². The van der Waals surface area contributed by atoms with Crippen molar-refractivity contribution in [2.75, 3.05) is 5.32 Å². The number of nitrogens with one attached hydrogen (secondary N) is 1. The van der Waals surface area contributed by atoms with Gasteiger partial charge >= 0.3 is 0 Å². The van der Waals surface area contributed by atoms with Crippen molar-refractivity contribution < 1.29 is 0 Å². The zero-order valence-corrected chi connectivity index (χ0v) is 12.8. The summed E-state index contributed by atoms with van der Waals surface area (Å²) < 4.78 is 3.71. The molecule has 3 heterocycles. The first kappa shape index (κ1) is 13.6. The van der Waals surface area contributed by atoms with Gasteiger partial charge < -0.3 is 5.32 Å². The summed E-state index contributed by atoms with van der Waals surface area (Å²) in [6.07, 6.45) is 5.67. The largest absolute Gasteiger partial charge is 0.364 e. The molecule has 3 aromatic heterocycles. The molecule has 6 nitrogen and oxygen atoms in total. The molecule has 0 atom stereocenters. The van der Waals surface area contributed by atoms with E-state index in [9.17, 15) is 0 Å². The molecule has 0 unspecified atom stereocenters. The average Bonchev–Trinajstić information content (AvgIpc) is 3.00. The number of fused-ring (bicyclic) bond motifs is 1. The van der Waals surface area contributed by atoms with Gasteiger partial charge in [0.25, 0.3) is 0 Å². The highest BCUT2D eigenvalue weighted by molar-refractivity contribution is 5.68. The first-order valence-corrected chi connectivity index (χ1v) is 7.12. The van der Waals surface area contributed by atoms with E-state index in [2.05, 4.69) is 40.4 Å². The summed E-state index contributed by atoms with van der Waals surface area (Å²) in [4.78, 5) is 4.43. The summed E-state index contributed by atoms with van der Waals surface area (Å²) >= 11 is 0. The second-order valence-corrected chi connectivity index (χ2v) is 5.60. The lowest BCUT2D eigenvalue weighted by Crippen LogP contribution is -2.03. The molecule has 1 N–H and O–H groups in total. The van der Waals surface area contributed by atoms with Crippen molar-refractivity contribution in [1.82, 2.24) is 24.4 Å². The van der Waals surface area contributed by atoms with Crippen LogP contribution in [0.2, 0.25) is 0 Å². The Labute approximate surface area is 123 Å². The van der Waals surface area contributed by atoms with E-state index in [0.717, 1.165) is 22.7 Å². The minimum Gasteiger partial charge on any atom is -0.364 e. The number of aryl methyl sites for hydroxylation is 2. The van der Waals surface area contributed by atoms with Gasteiger partial charge in [-0.2, -0.15) is 10.2 Å². The van der Waals surface area contributed by atoms with Crippen LogP contribution in [0.15, 0.2) is 24.7 Å². The van der Waals surface area contributed by atoms with Crippen LogP contribution in [0.25, 0.3) is 5.52 Å². The van der Waals surface area contributed by atoms with Crippen molar-refractivity contribution in [2.45, 2.75) is 33.2 Å². The third-order valence-corrected chi connectivity index (χ3v) is 3.56. The maximum atomic E-state index is 4.57. The fourth-order valence-electron chi connectivity index (χ4n) is 2.36. The van der Waals surface area contributed by atoms with E-state index in [1.807, 2.05) is 35.6 Å². The molecular formula is C15H20N6. The summed E-state index contributed by atoms with van der Waals surface area (Å²) in [6, 6.07) is 2.09. The lowest BCUT2D eigenvalue weighted by molar-refractivity contribution is 0.756. The highest BCUT2D eigenvalue weighted by atomic mass is 15.3. The van der Waals surface area contributed by atoms with E-state index in [4.69, 9.17) is 0 Å². The zero-order chi connectivity index (χ0) is 15.0. The van der Waals surface area contributed by atoms with Gasteiger partial charge in [-0.05, 0) is 18.9 Å². The van der Waals surface area contributed by atoms with Gasteiger partial charge in [0.2, 0.25) is 0 Å². The van der Waals surface area contributed by atoms with Gasteiger partial charge in [0.05, 0.1) is 11.4 Å². The van der Waals surface area contributed by atoms with Crippen molar-refractivity contribution in [2.24, 2.45) is 7.05 Å². The second-order valence-electron chi connectivity index (χ2n) is 5.60. The Kier molecular flexibility index (Phi) is 3.37. The van der Waals surface area contributed by atoms with Gasteiger partial charge in [-0.25, -0.2) is 9.50 Å². The van der Waals surface area contributed by atoms with Gasteiger partial charge in [0, 0.05) is 37.7 Å². The van der Waals surface area contributed by atoms with Gasteiger partial charge in [0.1, 0.15) is 5.52 Å². The smallest absolute Gasteiger partial charge is 0.152 e. The van der Waals surface area contributed by atoms with E-state index in [1.165, 1.54) is 5.56 Å². The van der Waals surface area contributed by atoms with Gasteiger partial charge in [0.15, 0.2) is 5.82 Å². The van der Waals surface area contributed by atoms with Crippen molar-refractivity contribution in [3.63, 3.8) is 0 Å². The van der Waals surface area contributed by atoms with E-state index >= 15 is 0 Å². The predicted octanol–water partition coefficient (Wildman–Crippen LogP) is 2.51. The van der Waals surface area contributed by atoms with Crippen LogP contribution in [0, 0.1) is 6.92 Å². The van der Waals surface area contributed by atoms with E-state index in [0.29, 0.717) is 12.5 Å². The molecule has 0 spiro atoms. The van der Waals surface area contributed by atoms with Gasteiger partial charge in [-0.1, -0.05) is 13.8 Å². The van der Waals surface area contributed by atoms with E-state index < -0.39 is 0 Å². The van der Waals surface area contributed by atoms with Crippen LogP contribution in [-0.2, 0) is 13.6 Å². The molecule has 0 saturated carbocycles. The summed E-state index contributed by atoms with van der Waals surface area (Å²) in [5.74, 6) is 1.25. The van der Waals surface area contributed by atoms with Crippen LogP contribution in [0.4, 0.5) is 5.82 Å². The van der Waals surface area contributed by atoms with Crippen molar-refractivity contribution in [3.05, 3.63) is 41.6 Å². The zero-order valence-electron chi connectivity index (χ0n) is 12.8. The molecule has 0 amide bonds.